The van der Waals surface area contributed by atoms with Crippen LogP contribution in [0.3, 0.4) is 0 Å². The Morgan fingerprint density at radius 1 is 1.14 bits per heavy atom. The van der Waals surface area contributed by atoms with Crippen molar-refractivity contribution in [3.63, 3.8) is 0 Å². The summed E-state index contributed by atoms with van der Waals surface area (Å²) in [5, 5.41) is 20.9. The number of benzene rings is 2. The monoisotopic (exact) mass is 373 g/mol. The molecule has 5 nitrogen and oxygen atoms in total. The van der Waals surface area contributed by atoms with Crippen molar-refractivity contribution in [2.24, 2.45) is 16.6 Å². The highest BCUT2D eigenvalue weighted by atomic mass is 16.3. The third kappa shape index (κ3) is 3.32. The molecule has 2 heterocycles. The van der Waals surface area contributed by atoms with Crippen LogP contribution in [-0.4, -0.2) is 27.6 Å². The number of aliphatic hydroxyl groups excluding tert-OH is 1. The number of nitrogens with zero attached hydrogens (tertiary/aromatic N) is 2. The quantitative estimate of drug-likeness (QED) is 0.653. The van der Waals surface area contributed by atoms with Crippen LogP contribution >= 0.6 is 0 Å². The second-order valence-electron chi connectivity index (χ2n) is 7.05. The number of hydrogen-bond donors (Lipinski definition) is 3. The van der Waals surface area contributed by atoms with Gasteiger partial charge in [-0.1, -0.05) is 37.3 Å². The fraction of sp³-hybridized carbons (Fsp3) is 0.174. The first-order valence-corrected chi connectivity index (χ1v) is 9.33. The minimum atomic E-state index is 0.133. The molecule has 2 aromatic carbocycles. The molecule has 0 saturated carbocycles. The summed E-state index contributed by atoms with van der Waals surface area (Å²) >= 11 is 0. The van der Waals surface area contributed by atoms with Gasteiger partial charge in [-0.25, -0.2) is 4.99 Å². The molecule has 0 saturated heterocycles. The molecule has 5 heteroatoms. The number of phenols is 1. The Labute approximate surface area is 163 Å². The number of rotatable bonds is 4. The van der Waals surface area contributed by atoms with Gasteiger partial charge in [0.1, 0.15) is 11.6 Å². The summed E-state index contributed by atoms with van der Waals surface area (Å²) in [5.41, 5.74) is 10.2. The van der Waals surface area contributed by atoms with Gasteiger partial charge in [-0.2, -0.15) is 0 Å². The molecule has 0 amide bonds. The van der Waals surface area contributed by atoms with E-state index in [1.165, 1.54) is 0 Å². The Morgan fingerprint density at radius 3 is 2.64 bits per heavy atom. The highest BCUT2D eigenvalue weighted by Gasteiger charge is 2.14. The van der Waals surface area contributed by atoms with Crippen molar-refractivity contribution >= 4 is 18.1 Å². The van der Waals surface area contributed by atoms with Crippen LogP contribution in [0.2, 0.25) is 0 Å². The minimum Gasteiger partial charge on any atom is -0.508 e. The molecule has 0 aliphatic carbocycles. The van der Waals surface area contributed by atoms with Crippen molar-refractivity contribution < 1.29 is 10.2 Å². The molecule has 0 bridgehead atoms. The van der Waals surface area contributed by atoms with Crippen LogP contribution in [0.15, 0.2) is 59.7 Å². The summed E-state index contributed by atoms with van der Waals surface area (Å²) in [6.07, 6.45) is 6.66. The van der Waals surface area contributed by atoms with E-state index in [-0.39, 0.29) is 18.3 Å². The van der Waals surface area contributed by atoms with Gasteiger partial charge < -0.3 is 20.5 Å². The lowest BCUT2D eigenvalue weighted by atomic mass is 10.1. The topological polar surface area (TPSA) is 83.8 Å². The van der Waals surface area contributed by atoms with Crippen LogP contribution in [-0.2, 0) is 6.42 Å². The molecular formula is C23H23N3O2. The fourth-order valence-corrected chi connectivity index (χ4v) is 3.57. The SMILES string of the molecule is C[C@H]1C=NC(N)=c2c(-c3cccc(O)c3)cn(-c3ccc(CCO)cc3)c2=C1. The molecule has 1 atom stereocenters. The summed E-state index contributed by atoms with van der Waals surface area (Å²) in [7, 11) is 0. The normalized spacial score (nSPS) is 15.8. The van der Waals surface area contributed by atoms with Crippen LogP contribution in [0, 0.1) is 5.92 Å². The molecule has 3 aromatic rings. The zero-order chi connectivity index (χ0) is 19.7. The lowest BCUT2D eigenvalue weighted by Crippen LogP contribution is -2.32. The number of aliphatic imine (C=N–C) groups is 1. The molecule has 1 aliphatic heterocycles. The van der Waals surface area contributed by atoms with E-state index in [9.17, 15) is 5.11 Å². The van der Waals surface area contributed by atoms with Gasteiger partial charge in [0.15, 0.2) is 0 Å². The lowest BCUT2D eigenvalue weighted by Gasteiger charge is -2.06. The summed E-state index contributed by atoms with van der Waals surface area (Å²) in [4.78, 5) is 4.43. The number of phenolic OH excluding ortho intramolecular Hbond substituents is 1. The molecule has 28 heavy (non-hydrogen) atoms. The minimum absolute atomic E-state index is 0.133. The molecule has 0 radical (unpaired) electrons. The maximum atomic E-state index is 9.94. The first kappa shape index (κ1) is 18.1. The second kappa shape index (κ2) is 7.37. The molecule has 0 fully saturated rings. The van der Waals surface area contributed by atoms with Gasteiger partial charge in [0.2, 0.25) is 0 Å². The average Bonchev–Trinajstić information content (AvgIpc) is 2.99. The molecular weight excluding hydrogens is 350 g/mol. The Kier molecular flexibility index (Phi) is 4.75. The predicted octanol–water partition coefficient (Wildman–Crippen LogP) is 1.91. The zero-order valence-corrected chi connectivity index (χ0v) is 15.7. The third-order valence-electron chi connectivity index (χ3n) is 4.94. The van der Waals surface area contributed by atoms with Gasteiger partial charge in [-0.05, 0) is 41.8 Å². The summed E-state index contributed by atoms with van der Waals surface area (Å²) < 4.78 is 2.11. The number of fused-ring (bicyclic) bond motifs is 1. The molecule has 1 aliphatic rings. The van der Waals surface area contributed by atoms with Crippen LogP contribution in [0.1, 0.15) is 12.5 Å². The van der Waals surface area contributed by atoms with E-state index in [0.717, 1.165) is 32.9 Å². The van der Waals surface area contributed by atoms with Crippen LogP contribution in [0.4, 0.5) is 0 Å². The Morgan fingerprint density at radius 2 is 1.93 bits per heavy atom. The van der Waals surface area contributed by atoms with E-state index in [1.54, 1.807) is 12.1 Å². The first-order chi connectivity index (χ1) is 13.6. The molecule has 0 unspecified atom stereocenters. The smallest absolute Gasteiger partial charge is 0.133 e. The Bertz CT molecular complexity index is 1160. The van der Waals surface area contributed by atoms with Crippen molar-refractivity contribution in [3.8, 4) is 22.6 Å². The van der Waals surface area contributed by atoms with E-state index in [1.807, 2.05) is 48.8 Å². The van der Waals surface area contributed by atoms with Gasteiger partial charge in [-0.15, -0.1) is 0 Å². The number of aliphatic hydroxyl groups is 1. The number of aromatic nitrogens is 1. The first-order valence-electron chi connectivity index (χ1n) is 9.33. The van der Waals surface area contributed by atoms with Gasteiger partial charge >= 0.3 is 0 Å². The maximum absolute atomic E-state index is 9.94. The Balaban J connectivity index is 1.99. The average molecular weight is 373 g/mol. The fourth-order valence-electron chi connectivity index (χ4n) is 3.57. The third-order valence-corrected chi connectivity index (χ3v) is 4.94. The molecule has 0 spiro atoms. The largest absolute Gasteiger partial charge is 0.508 e. The van der Waals surface area contributed by atoms with Crippen molar-refractivity contribution in [1.82, 2.24) is 4.57 Å². The standard InChI is InChI=1S/C23H23N3O2/c1-15-11-21-22(23(24)25-13-15)20(17-3-2-4-19(28)12-17)14-26(21)18-7-5-16(6-8-18)9-10-27/h2-8,11-15,27-28H,9-10,24H2,1H3/t15-/m1/s1. The van der Waals surface area contributed by atoms with Gasteiger partial charge in [-0.3, -0.25) is 0 Å². The Hall–Kier alpha value is -3.31. The molecule has 1 aromatic heterocycles. The maximum Gasteiger partial charge on any atom is 0.133 e. The van der Waals surface area contributed by atoms with E-state index >= 15 is 0 Å². The second-order valence-corrected chi connectivity index (χ2v) is 7.05. The van der Waals surface area contributed by atoms with Crippen molar-refractivity contribution in [3.05, 3.63) is 70.9 Å². The van der Waals surface area contributed by atoms with Crippen molar-refractivity contribution in [1.29, 1.82) is 0 Å². The molecule has 142 valence electrons. The zero-order valence-electron chi connectivity index (χ0n) is 15.7. The summed E-state index contributed by atoms with van der Waals surface area (Å²) in [6, 6.07) is 15.3. The summed E-state index contributed by atoms with van der Waals surface area (Å²) in [6.45, 7) is 2.20. The molecule has 4 rings (SSSR count). The van der Waals surface area contributed by atoms with Gasteiger partial charge in [0, 0.05) is 41.4 Å². The van der Waals surface area contributed by atoms with Crippen molar-refractivity contribution in [2.75, 3.05) is 6.61 Å². The van der Waals surface area contributed by atoms with Crippen molar-refractivity contribution in [2.45, 2.75) is 13.3 Å². The van der Waals surface area contributed by atoms with Gasteiger partial charge in [0.25, 0.3) is 0 Å². The van der Waals surface area contributed by atoms with E-state index < -0.39 is 0 Å². The highest BCUT2D eigenvalue weighted by molar-refractivity contribution is 5.78. The lowest BCUT2D eigenvalue weighted by molar-refractivity contribution is 0.299. The van der Waals surface area contributed by atoms with E-state index in [2.05, 4.69) is 22.6 Å². The van der Waals surface area contributed by atoms with Crippen LogP contribution in [0.25, 0.3) is 28.7 Å². The number of hydrogen-bond acceptors (Lipinski definition) is 4. The van der Waals surface area contributed by atoms with E-state index in [0.29, 0.717) is 12.2 Å². The van der Waals surface area contributed by atoms with Crippen LogP contribution < -0.4 is 16.3 Å². The summed E-state index contributed by atoms with van der Waals surface area (Å²) in [5.74, 6) is 0.809. The predicted molar refractivity (Wildman–Crippen MR) is 113 cm³/mol. The van der Waals surface area contributed by atoms with Crippen LogP contribution in [0.5, 0.6) is 5.75 Å². The molecule has 4 N–H and O–H groups in total. The highest BCUT2D eigenvalue weighted by Crippen LogP contribution is 2.22. The van der Waals surface area contributed by atoms with E-state index in [4.69, 9.17) is 10.8 Å². The van der Waals surface area contributed by atoms with Gasteiger partial charge in [0.05, 0.1) is 5.35 Å². The number of aromatic hydroxyl groups is 1. The number of nitrogens with two attached hydrogens (primary N) is 1.